The Bertz CT molecular complexity index is 427. The summed E-state index contributed by atoms with van der Waals surface area (Å²) in [7, 11) is 1.82. The van der Waals surface area contributed by atoms with Crippen LogP contribution in [0.25, 0.3) is 0 Å². The lowest BCUT2D eigenvalue weighted by atomic mass is 9.72. The molecular formula is C15H21Cl2NO. The summed E-state index contributed by atoms with van der Waals surface area (Å²) in [6.07, 6.45) is 4.42. The first kappa shape index (κ1) is 15.1. The topological polar surface area (TPSA) is 21.3 Å². The SMILES string of the molecule is CCNC(Cc1ccc(Cl)c(Cl)c1)C1(OC)CCC1. The highest BCUT2D eigenvalue weighted by Gasteiger charge is 2.43. The predicted molar refractivity (Wildman–Crippen MR) is 81.2 cm³/mol. The summed E-state index contributed by atoms with van der Waals surface area (Å²) in [5.74, 6) is 0. The Labute approximate surface area is 125 Å². The zero-order chi connectivity index (χ0) is 13.9. The first-order valence-electron chi connectivity index (χ1n) is 6.84. The van der Waals surface area contributed by atoms with Gasteiger partial charge >= 0.3 is 0 Å². The monoisotopic (exact) mass is 301 g/mol. The first-order chi connectivity index (χ1) is 9.11. The van der Waals surface area contributed by atoms with Gasteiger partial charge in [0.25, 0.3) is 0 Å². The summed E-state index contributed by atoms with van der Waals surface area (Å²) in [6.45, 7) is 3.07. The van der Waals surface area contributed by atoms with Gasteiger partial charge in [-0.3, -0.25) is 0 Å². The van der Waals surface area contributed by atoms with Crippen molar-refractivity contribution in [2.24, 2.45) is 0 Å². The average molecular weight is 302 g/mol. The molecular weight excluding hydrogens is 281 g/mol. The molecule has 0 spiro atoms. The van der Waals surface area contributed by atoms with E-state index < -0.39 is 0 Å². The highest BCUT2D eigenvalue weighted by molar-refractivity contribution is 6.42. The molecule has 1 N–H and O–H groups in total. The Kier molecular flexibility index (Phi) is 5.13. The maximum Gasteiger partial charge on any atom is 0.0834 e. The summed E-state index contributed by atoms with van der Waals surface area (Å²) in [5, 5.41) is 4.78. The van der Waals surface area contributed by atoms with Gasteiger partial charge in [0.2, 0.25) is 0 Å². The first-order valence-corrected chi connectivity index (χ1v) is 7.59. The molecule has 0 aliphatic heterocycles. The van der Waals surface area contributed by atoms with E-state index in [2.05, 4.69) is 12.2 Å². The van der Waals surface area contributed by atoms with Crippen molar-refractivity contribution in [3.8, 4) is 0 Å². The predicted octanol–water partition coefficient (Wildman–Crippen LogP) is 4.08. The normalized spacial score (nSPS) is 18.9. The van der Waals surface area contributed by atoms with Gasteiger partial charge in [-0.25, -0.2) is 0 Å². The fourth-order valence-electron chi connectivity index (χ4n) is 2.81. The Morgan fingerprint density at radius 1 is 1.32 bits per heavy atom. The highest BCUT2D eigenvalue weighted by atomic mass is 35.5. The van der Waals surface area contributed by atoms with Crippen LogP contribution in [-0.2, 0) is 11.2 Å². The fourth-order valence-corrected chi connectivity index (χ4v) is 3.13. The molecule has 106 valence electrons. The molecule has 0 saturated heterocycles. The third-order valence-electron chi connectivity index (χ3n) is 4.12. The fraction of sp³-hybridized carbons (Fsp3) is 0.600. The number of benzene rings is 1. The summed E-state index contributed by atoms with van der Waals surface area (Å²) in [4.78, 5) is 0. The van der Waals surface area contributed by atoms with Gasteiger partial charge in [-0.2, -0.15) is 0 Å². The standard InChI is InChI=1S/C15H21Cl2NO/c1-3-18-14(15(19-2)7-4-8-15)10-11-5-6-12(16)13(17)9-11/h5-6,9,14,18H,3-4,7-8,10H2,1-2H3. The largest absolute Gasteiger partial charge is 0.377 e. The van der Waals surface area contributed by atoms with Crippen LogP contribution in [0, 0.1) is 0 Å². The number of ether oxygens (including phenoxy) is 1. The van der Waals surface area contributed by atoms with Crippen molar-refractivity contribution >= 4 is 23.2 Å². The van der Waals surface area contributed by atoms with E-state index in [9.17, 15) is 0 Å². The van der Waals surface area contributed by atoms with Crippen LogP contribution in [0.4, 0.5) is 0 Å². The third-order valence-corrected chi connectivity index (χ3v) is 4.85. The van der Waals surface area contributed by atoms with E-state index in [1.54, 1.807) is 0 Å². The van der Waals surface area contributed by atoms with Crippen LogP contribution < -0.4 is 5.32 Å². The van der Waals surface area contributed by atoms with Gasteiger partial charge in [0.15, 0.2) is 0 Å². The van der Waals surface area contributed by atoms with Gasteiger partial charge in [-0.05, 0) is 49.9 Å². The van der Waals surface area contributed by atoms with Crippen molar-refractivity contribution in [3.05, 3.63) is 33.8 Å². The van der Waals surface area contributed by atoms with Crippen LogP contribution in [0.1, 0.15) is 31.7 Å². The maximum atomic E-state index is 6.09. The third kappa shape index (κ3) is 3.25. The van der Waals surface area contributed by atoms with E-state index in [1.165, 1.54) is 12.0 Å². The van der Waals surface area contributed by atoms with Gasteiger partial charge in [-0.1, -0.05) is 36.2 Å². The average Bonchev–Trinajstić information content (AvgIpc) is 2.33. The summed E-state index contributed by atoms with van der Waals surface area (Å²) < 4.78 is 5.79. The molecule has 1 aromatic carbocycles. The molecule has 0 aromatic heterocycles. The zero-order valence-corrected chi connectivity index (χ0v) is 13.0. The Morgan fingerprint density at radius 3 is 2.53 bits per heavy atom. The highest BCUT2D eigenvalue weighted by Crippen LogP contribution is 2.39. The zero-order valence-electron chi connectivity index (χ0n) is 11.5. The van der Waals surface area contributed by atoms with E-state index in [0.29, 0.717) is 16.1 Å². The number of rotatable bonds is 6. The van der Waals surface area contributed by atoms with E-state index in [-0.39, 0.29) is 5.60 Å². The molecule has 19 heavy (non-hydrogen) atoms. The summed E-state index contributed by atoms with van der Waals surface area (Å²) in [6, 6.07) is 6.19. The van der Waals surface area contributed by atoms with Gasteiger partial charge in [-0.15, -0.1) is 0 Å². The number of nitrogens with one attached hydrogen (secondary N) is 1. The molecule has 0 amide bonds. The smallest absolute Gasteiger partial charge is 0.0834 e. The molecule has 1 saturated carbocycles. The number of methoxy groups -OCH3 is 1. The minimum atomic E-state index is -0.0118. The molecule has 0 radical (unpaired) electrons. The van der Waals surface area contributed by atoms with Gasteiger partial charge in [0.1, 0.15) is 0 Å². The lowest BCUT2D eigenvalue weighted by Crippen LogP contribution is -2.57. The second-order valence-electron chi connectivity index (χ2n) is 5.19. The van der Waals surface area contributed by atoms with Crippen LogP contribution in [-0.4, -0.2) is 25.3 Å². The lowest BCUT2D eigenvalue weighted by Gasteiger charge is -2.47. The van der Waals surface area contributed by atoms with E-state index in [1.807, 2.05) is 25.3 Å². The molecule has 1 aromatic rings. The second kappa shape index (κ2) is 6.45. The van der Waals surface area contributed by atoms with Gasteiger partial charge < -0.3 is 10.1 Å². The van der Waals surface area contributed by atoms with E-state index in [0.717, 1.165) is 25.8 Å². The van der Waals surface area contributed by atoms with Crippen LogP contribution in [0.3, 0.4) is 0 Å². The number of hydrogen-bond donors (Lipinski definition) is 1. The molecule has 1 aliphatic carbocycles. The Morgan fingerprint density at radius 2 is 2.05 bits per heavy atom. The molecule has 0 bridgehead atoms. The molecule has 1 atom stereocenters. The lowest BCUT2D eigenvalue weighted by molar-refractivity contribution is -0.0978. The molecule has 1 unspecified atom stereocenters. The number of hydrogen-bond acceptors (Lipinski definition) is 2. The second-order valence-corrected chi connectivity index (χ2v) is 6.00. The van der Waals surface area contributed by atoms with Crippen molar-refractivity contribution in [2.45, 2.75) is 44.2 Å². The van der Waals surface area contributed by atoms with Gasteiger partial charge in [0, 0.05) is 13.2 Å². The van der Waals surface area contributed by atoms with Crippen molar-refractivity contribution < 1.29 is 4.74 Å². The molecule has 2 rings (SSSR count). The Hall–Kier alpha value is -0.280. The number of halogens is 2. The van der Waals surface area contributed by atoms with Crippen LogP contribution >= 0.6 is 23.2 Å². The van der Waals surface area contributed by atoms with Crippen molar-refractivity contribution in [1.82, 2.24) is 5.32 Å². The maximum absolute atomic E-state index is 6.09. The molecule has 2 nitrogen and oxygen atoms in total. The van der Waals surface area contributed by atoms with Gasteiger partial charge in [0.05, 0.1) is 15.6 Å². The summed E-state index contributed by atoms with van der Waals surface area (Å²) >= 11 is 12.0. The van der Waals surface area contributed by atoms with Crippen molar-refractivity contribution in [1.29, 1.82) is 0 Å². The molecule has 4 heteroatoms. The van der Waals surface area contributed by atoms with Crippen LogP contribution in [0.2, 0.25) is 10.0 Å². The number of likely N-dealkylation sites (N-methyl/N-ethyl adjacent to an activating group) is 1. The molecule has 0 heterocycles. The van der Waals surface area contributed by atoms with E-state index >= 15 is 0 Å². The van der Waals surface area contributed by atoms with E-state index in [4.69, 9.17) is 27.9 Å². The Balaban J connectivity index is 2.13. The minimum Gasteiger partial charge on any atom is -0.377 e. The van der Waals surface area contributed by atoms with Crippen LogP contribution in [0.15, 0.2) is 18.2 Å². The molecule has 1 fully saturated rings. The van der Waals surface area contributed by atoms with Crippen molar-refractivity contribution in [2.75, 3.05) is 13.7 Å². The van der Waals surface area contributed by atoms with Crippen molar-refractivity contribution in [3.63, 3.8) is 0 Å². The quantitative estimate of drug-likeness (QED) is 0.855. The van der Waals surface area contributed by atoms with Crippen LogP contribution in [0.5, 0.6) is 0 Å². The molecule has 1 aliphatic rings. The minimum absolute atomic E-state index is 0.0118. The summed E-state index contributed by atoms with van der Waals surface area (Å²) in [5.41, 5.74) is 1.19.